The number of halogens is 1. The zero-order chi connectivity index (χ0) is 21.3. The molecule has 0 aliphatic carbocycles. The number of carbonyl (C=O) groups excluding carboxylic acids is 1. The third-order valence-corrected chi connectivity index (χ3v) is 5.46. The number of benzene rings is 3. The summed E-state index contributed by atoms with van der Waals surface area (Å²) in [6.07, 6.45) is 1.74. The van der Waals surface area contributed by atoms with E-state index in [-0.39, 0.29) is 5.92 Å². The molecule has 2 atom stereocenters. The highest BCUT2D eigenvalue weighted by Gasteiger charge is 2.28. The quantitative estimate of drug-likeness (QED) is 0.215. The number of rotatable bonds is 9. The molecule has 0 spiro atoms. The molecule has 0 bridgehead atoms. The van der Waals surface area contributed by atoms with E-state index in [0.717, 1.165) is 35.3 Å². The Morgan fingerprint density at radius 3 is 1.93 bits per heavy atom. The van der Waals surface area contributed by atoms with E-state index >= 15 is 0 Å². The van der Waals surface area contributed by atoms with Crippen molar-refractivity contribution in [3.63, 3.8) is 0 Å². The Hall–Kier alpha value is -2.78. The van der Waals surface area contributed by atoms with Crippen LogP contribution in [-0.4, -0.2) is 18.0 Å². The van der Waals surface area contributed by atoms with Crippen molar-refractivity contribution >= 4 is 17.6 Å². The van der Waals surface area contributed by atoms with Crippen molar-refractivity contribution in [1.29, 1.82) is 0 Å². The average molecular weight is 423 g/mol. The fourth-order valence-corrected chi connectivity index (χ4v) is 3.70. The molecule has 0 saturated carbocycles. The van der Waals surface area contributed by atoms with Crippen molar-refractivity contribution in [2.45, 2.75) is 38.0 Å². The Labute approximate surface area is 183 Å². The maximum absolute atomic E-state index is 12.6. The lowest BCUT2D eigenvalue weighted by molar-refractivity contribution is -0.134. The fraction of sp³-hybridized carbons (Fsp3) is 0.269. The molecular formula is C26H27ClO3. The van der Waals surface area contributed by atoms with E-state index in [1.807, 2.05) is 73.7 Å². The highest BCUT2D eigenvalue weighted by Crippen LogP contribution is 2.29. The molecule has 2 unspecified atom stereocenters. The Balaban J connectivity index is 1.64. The highest BCUT2D eigenvalue weighted by atomic mass is 35.5. The molecule has 0 radical (unpaired) electrons. The summed E-state index contributed by atoms with van der Waals surface area (Å²) in [6.45, 7) is 4.82. The summed E-state index contributed by atoms with van der Waals surface area (Å²) in [5, 5.41) is -0.743. The monoisotopic (exact) mass is 422 g/mol. The van der Waals surface area contributed by atoms with E-state index in [4.69, 9.17) is 21.1 Å². The first-order valence-corrected chi connectivity index (χ1v) is 10.8. The molecule has 3 aromatic carbocycles. The summed E-state index contributed by atoms with van der Waals surface area (Å²) in [7, 11) is 0. The van der Waals surface area contributed by atoms with Crippen LogP contribution in [0.25, 0.3) is 11.1 Å². The molecule has 0 aliphatic heterocycles. The van der Waals surface area contributed by atoms with Crippen molar-refractivity contribution < 1.29 is 14.3 Å². The van der Waals surface area contributed by atoms with E-state index in [1.165, 1.54) is 0 Å². The molecule has 3 aromatic rings. The number of carbonyl (C=O) groups is 1. The van der Waals surface area contributed by atoms with Crippen LogP contribution in [0.15, 0.2) is 78.9 Å². The Kier molecular flexibility index (Phi) is 7.92. The number of hydrogen-bond acceptors (Lipinski definition) is 3. The Bertz CT molecular complexity index is 921. The maximum Gasteiger partial charge on any atom is 0.330 e. The zero-order valence-corrected chi connectivity index (χ0v) is 18.1. The molecule has 0 heterocycles. The topological polar surface area (TPSA) is 35.5 Å². The lowest BCUT2D eigenvalue weighted by Crippen LogP contribution is -2.27. The second-order valence-corrected chi connectivity index (χ2v) is 7.62. The van der Waals surface area contributed by atoms with Crippen LogP contribution in [0.1, 0.15) is 38.2 Å². The van der Waals surface area contributed by atoms with Gasteiger partial charge in [0.2, 0.25) is 0 Å². The van der Waals surface area contributed by atoms with Crippen molar-refractivity contribution in [2.75, 3.05) is 6.61 Å². The minimum Gasteiger partial charge on any atom is -0.494 e. The summed E-state index contributed by atoms with van der Waals surface area (Å²) < 4.78 is 11.2. The summed E-state index contributed by atoms with van der Waals surface area (Å²) >= 11 is 6.47. The van der Waals surface area contributed by atoms with Crippen molar-refractivity contribution in [2.24, 2.45) is 0 Å². The molecule has 3 rings (SSSR count). The fourth-order valence-electron chi connectivity index (χ4n) is 3.33. The number of hydrogen-bond donors (Lipinski definition) is 0. The number of ether oxygens (including phenoxy) is 2. The van der Waals surface area contributed by atoms with Crippen LogP contribution in [0.3, 0.4) is 0 Å². The van der Waals surface area contributed by atoms with Crippen LogP contribution in [0, 0.1) is 0 Å². The number of esters is 1. The average Bonchev–Trinajstić information content (AvgIpc) is 2.79. The summed E-state index contributed by atoms with van der Waals surface area (Å²) in [4.78, 5) is 12.6. The van der Waals surface area contributed by atoms with E-state index in [0.29, 0.717) is 12.4 Å². The van der Waals surface area contributed by atoms with Crippen LogP contribution >= 0.6 is 11.6 Å². The summed E-state index contributed by atoms with van der Waals surface area (Å²) in [5.41, 5.74) is 3.15. The molecule has 0 amide bonds. The van der Waals surface area contributed by atoms with Gasteiger partial charge in [-0.3, -0.25) is 4.79 Å². The van der Waals surface area contributed by atoms with Gasteiger partial charge in [-0.2, -0.15) is 0 Å². The van der Waals surface area contributed by atoms with Gasteiger partial charge in [-0.05, 0) is 53.8 Å². The largest absolute Gasteiger partial charge is 0.494 e. The lowest BCUT2D eigenvalue weighted by atomic mass is 9.93. The smallest absolute Gasteiger partial charge is 0.330 e. The lowest BCUT2D eigenvalue weighted by Gasteiger charge is -2.20. The Morgan fingerprint density at radius 2 is 1.40 bits per heavy atom. The molecule has 0 aromatic heterocycles. The maximum atomic E-state index is 12.6. The van der Waals surface area contributed by atoms with Crippen LogP contribution in [0.2, 0.25) is 0 Å². The van der Waals surface area contributed by atoms with Crippen LogP contribution in [0.5, 0.6) is 11.5 Å². The molecule has 0 fully saturated rings. The third kappa shape index (κ3) is 5.64. The van der Waals surface area contributed by atoms with Crippen LogP contribution < -0.4 is 9.47 Å². The molecule has 3 nitrogen and oxygen atoms in total. The highest BCUT2D eigenvalue weighted by molar-refractivity contribution is 6.30. The SMILES string of the molecule is CCCOc1ccc(-c2ccc(OC(=O)C(Cl)C(CC)c3ccccc3)cc2)cc1. The predicted molar refractivity (Wildman–Crippen MR) is 122 cm³/mol. The van der Waals surface area contributed by atoms with E-state index in [2.05, 4.69) is 6.92 Å². The Morgan fingerprint density at radius 1 is 0.833 bits per heavy atom. The third-order valence-electron chi connectivity index (χ3n) is 4.98. The van der Waals surface area contributed by atoms with E-state index in [1.54, 1.807) is 12.1 Å². The van der Waals surface area contributed by atoms with Gasteiger partial charge < -0.3 is 9.47 Å². The van der Waals surface area contributed by atoms with Gasteiger partial charge in [0.25, 0.3) is 0 Å². The molecule has 4 heteroatoms. The molecular weight excluding hydrogens is 396 g/mol. The van der Waals surface area contributed by atoms with Gasteiger partial charge in [0.1, 0.15) is 16.9 Å². The van der Waals surface area contributed by atoms with Crippen molar-refractivity contribution in [3.05, 3.63) is 84.4 Å². The zero-order valence-electron chi connectivity index (χ0n) is 17.4. The van der Waals surface area contributed by atoms with Gasteiger partial charge in [0.05, 0.1) is 6.61 Å². The van der Waals surface area contributed by atoms with Crippen molar-refractivity contribution in [3.8, 4) is 22.6 Å². The van der Waals surface area contributed by atoms with E-state index < -0.39 is 11.3 Å². The van der Waals surface area contributed by atoms with Crippen LogP contribution in [0.4, 0.5) is 0 Å². The minimum atomic E-state index is -0.743. The van der Waals surface area contributed by atoms with Crippen molar-refractivity contribution in [1.82, 2.24) is 0 Å². The number of alkyl halides is 1. The van der Waals surface area contributed by atoms with Gasteiger partial charge >= 0.3 is 5.97 Å². The van der Waals surface area contributed by atoms with Gasteiger partial charge in [-0.25, -0.2) is 0 Å². The van der Waals surface area contributed by atoms with Gasteiger partial charge in [0.15, 0.2) is 0 Å². The second kappa shape index (κ2) is 10.8. The minimum absolute atomic E-state index is 0.0897. The van der Waals surface area contributed by atoms with Gasteiger partial charge in [-0.15, -0.1) is 11.6 Å². The summed E-state index contributed by atoms with van der Waals surface area (Å²) in [6, 6.07) is 25.3. The van der Waals surface area contributed by atoms with Crippen LogP contribution in [-0.2, 0) is 4.79 Å². The van der Waals surface area contributed by atoms with Gasteiger partial charge in [0, 0.05) is 5.92 Å². The summed E-state index contributed by atoms with van der Waals surface area (Å²) in [5.74, 6) is 0.828. The molecule has 0 saturated heterocycles. The first kappa shape index (κ1) is 21.9. The molecule has 30 heavy (non-hydrogen) atoms. The second-order valence-electron chi connectivity index (χ2n) is 7.15. The first-order valence-electron chi connectivity index (χ1n) is 10.4. The molecule has 0 aliphatic rings. The normalized spacial score (nSPS) is 12.8. The van der Waals surface area contributed by atoms with E-state index in [9.17, 15) is 4.79 Å². The molecule has 156 valence electrons. The predicted octanol–water partition coefficient (Wildman–Crippen LogP) is 6.85. The first-order chi connectivity index (χ1) is 14.6. The standard InChI is InChI=1S/C26H27ClO3/c1-3-18-29-22-14-10-19(11-15-22)20-12-16-23(17-13-20)30-26(28)25(27)24(4-2)21-8-6-5-7-9-21/h5-17,24-25H,3-4,18H2,1-2H3. The van der Waals surface area contributed by atoms with Gasteiger partial charge in [-0.1, -0.05) is 68.4 Å². The molecule has 0 N–H and O–H groups in total.